The Labute approximate surface area is 83.9 Å². The van der Waals surface area contributed by atoms with Gasteiger partial charge in [-0.1, -0.05) is 4.48 Å². The van der Waals surface area contributed by atoms with Crippen LogP contribution < -0.4 is 5.12 Å². The van der Waals surface area contributed by atoms with E-state index in [2.05, 4.69) is 4.74 Å². The first kappa shape index (κ1) is 10.9. The number of halogens is 1. The van der Waals surface area contributed by atoms with Crippen molar-refractivity contribution in [2.75, 3.05) is 12.2 Å². The topological polar surface area (TPSA) is 72.7 Å². The van der Waals surface area contributed by atoms with Crippen molar-refractivity contribution in [1.82, 2.24) is 0 Å². The first-order valence-electron chi connectivity index (χ1n) is 3.84. The number of amides is 1. The van der Waals surface area contributed by atoms with Crippen molar-refractivity contribution in [3.05, 3.63) is 34.4 Å². The van der Waals surface area contributed by atoms with Crippen LogP contribution in [-0.2, 0) is 4.74 Å². The molecule has 0 N–H and O–H groups in total. The van der Waals surface area contributed by atoms with E-state index in [0.29, 0.717) is 0 Å². The minimum atomic E-state index is -1.19. The molecule has 0 aliphatic rings. The van der Waals surface area contributed by atoms with Gasteiger partial charge in [0.15, 0.2) is 0 Å². The number of non-ortho nitro benzene ring substituents is 1. The molecule has 0 saturated carbocycles. The number of hydrogen-bond donors (Lipinski definition) is 0. The van der Waals surface area contributed by atoms with E-state index in [1.54, 1.807) is 0 Å². The van der Waals surface area contributed by atoms with Crippen molar-refractivity contribution in [2.45, 2.75) is 0 Å². The van der Waals surface area contributed by atoms with E-state index in [0.717, 1.165) is 31.4 Å². The maximum Gasteiger partial charge on any atom is 0.442 e. The Balaban J connectivity index is 2.89. The van der Waals surface area contributed by atoms with Gasteiger partial charge in [-0.05, 0) is 12.1 Å². The molecule has 1 aromatic carbocycles. The van der Waals surface area contributed by atoms with Crippen molar-refractivity contribution in [3.8, 4) is 0 Å². The largest absolute Gasteiger partial charge is 0.451 e. The molecule has 6 nitrogen and oxygen atoms in total. The van der Waals surface area contributed by atoms with Crippen LogP contribution in [0.5, 0.6) is 0 Å². The Kier molecular flexibility index (Phi) is 3.17. The standard InChI is InChI=1S/C8H7FN2O4/c1-15-8(12)10(9)6-2-4-7(5-3-6)11(13)14/h2-5H,1H3. The zero-order valence-corrected chi connectivity index (χ0v) is 7.71. The van der Waals surface area contributed by atoms with Gasteiger partial charge in [0.1, 0.15) is 0 Å². The van der Waals surface area contributed by atoms with Crippen LogP contribution >= 0.6 is 0 Å². The van der Waals surface area contributed by atoms with Crippen LogP contribution in [0.3, 0.4) is 0 Å². The second-order valence-electron chi connectivity index (χ2n) is 2.52. The zero-order chi connectivity index (χ0) is 11.4. The van der Waals surface area contributed by atoms with Crippen molar-refractivity contribution < 1.29 is 18.9 Å². The van der Waals surface area contributed by atoms with Gasteiger partial charge >= 0.3 is 6.09 Å². The zero-order valence-electron chi connectivity index (χ0n) is 7.71. The number of benzene rings is 1. The smallest absolute Gasteiger partial charge is 0.442 e. The minimum absolute atomic E-state index is 0.132. The van der Waals surface area contributed by atoms with Gasteiger partial charge in [-0.15, -0.1) is 5.12 Å². The lowest BCUT2D eigenvalue weighted by Crippen LogP contribution is -2.21. The summed E-state index contributed by atoms with van der Waals surface area (Å²) in [7, 11) is 1.03. The number of ether oxygens (including phenoxy) is 1. The fraction of sp³-hybridized carbons (Fsp3) is 0.125. The minimum Gasteiger partial charge on any atom is -0.451 e. The third-order valence-electron chi connectivity index (χ3n) is 1.62. The quantitative estimate of drug-likeness (QED) is 0.429. The summed E-state index contributed by atoms with van der Waals surface area (Å²) in [6.07, 6.45) is -1.19. The van der Waals surface area contributed by atoms with Crippen molar-refractivity contribution in [2.24, 2.45) is 0 Å². The number of hydrogen-bond acceptors (Lipinski definition) is 4. The molecule has 1 aromatic rings. The van der Waals surface area contributed by atoms with Crippen LogP contribution in [0.25, 0.3) is 0 Å². The fourth-order valence-electron chi connectivity index (χ4n) is 0.891. The average Bonchev–Trinajstić information content (AvgIpc) is 2.27. The Morgan fingerprint density at radius 2 is 2.00 bits per heavy atom. The Morgan fingerprint density at radius 1 is 1.47 bits per heavy atom. The van der Waals surface area contributed by atoms with Crippen molar-refractivity contribution in [3.63, 3.8) is 0 Å². The third-order valence-corrected chi connectivity index (χ3v) is 1.62. The van der Waals surface area contributed by atoms with Crippen LogP contribution in [0.1, 0.15) is 0 Å². The molecule has 15 heavy (non-hydrogen) atoms. The predicted molar refractivity (Wildman–Crippen MR) is 49.1 cm³/mol. The molecule has 0 unspecified atom stereocenters. The summed E-state index contributed by atoms with van der Waals surface area (Å²) in [5, 5.41) is 10.0. The molecule has 1 rings (SSSR count). The highest BCUT2D eigenvalue weighted by Gasteiger charge is 2.16. The first-order valence-corrected chi connectivity index (χ1v) is 3.84. The molecule has 0 atom stereocenters. The first-order chi connectivity index (χ1) is 7.06. The van der Waals surface area contributed by atoms with Crippen LogP contribution in [0.4, 0.5) is 20.7 Å². The number of nitro groups is 1. The van der Waals surface area contributed by atoms with Crippen LogP contribution in [0, 0.1) is 10.1 Å². The lowest BCUT2D eigenvalue weighted by Gasteiger charge is -2.09. The summed E-state index contributed by atoms with van der Waals surface area (Å²) in [5.41, 5.74) is -0.315. The molecule has 80 valence electrons. The van der Waals surface area contributed by atoms with Gasteiger partial charge in [0.2, 0.25) is 0 Å². The highest BCUT2D eigenvalue weighted by atomic mass is 19.2. The van der Waals surface area contributed by atoms with Gasteiger partial charge in [-0.3, -0.25) is 10.1 Å². The number of nitrogens with zero attached hydrogens (tertiary/aromatic N) is 2. The van der Waals surface area contributed by atoms with E-state index in [-0.39, 0.29) is 16.5 Å². The fourth-order valence-corrected chi connectivity index (χ4v) is 0.891. The molecule has 0 fully saturated rings. The van der Waals surface area contributed by atoms with Crippen LogP contribution in [0.15, 0.2) is 24.3 Å². The maximum atomic E-state index is 13.1. The number of anilines is 1. The summed E-state index contributed by atoms with van der Waals surface area (Å²) in [6.45, 7) is 0. The Morgan fingerprint density at radius 3 is 2.40 bits per heavy atom. The Hall–Kier alpha value is -2.18. The van der Waals surface area contributed by atoms with Crippen molar-refractivity contribution in [1.29, 1.82) is 0 Å². The maximum absolute atomic E-state index is 13.1. The molecule has 0 bridgehead atoms. The molecular formula is C8H7FN2O4. The summed E-state index contributed by atoms with van der Waals surface area (Å²) >= 11 is 0. The molecular weight excluding hydrogens is 207 g/mol. The number of carbonyl (C=O) groups excluding carboxylic acids is 1. The molecule has 7 heteroatoms. The molecule has 0 saturated heterocycles. The van der Waals surface area contributed by atoms with Gasteiger partial charge in [0, 0.05) is 12.1 Å². The number of methoxy groups -OCH3 is 1. The average molecular weight is 214 g/mol. The van der Waals surface area contributed by atoms with Gasteiger partial charge in [0.05, 0.1) is 17.7 Å². The highest BCUT2D eigenvalue weighted by Crippen LogP contribution is 2.20. The summed E-state index contributed by atoms with van der Waals surface area (Å²) in [6, 6.07) is 4.39. The molecule has 0 aliphatic carbocycles. The predicted octanol–water partition coefficient (Wildman–Crippen LogP) is 2.05. The third kappa shape index (κ3) is 2.39. The Bertz CT molecular complexity index is 379. The van der Waals surface area contributed by atoms with Crippen LogP contribution in [-0.4, -0.2) is 18.1 Å². The van der Waals surface area contributed by atoms with E-state index < -0.39 is 11.0 Å². The van der Waals surface area contributed by atoms with Crippen LogP contribution in [0.2, 0.25) is 0 Å². The lowest BCUT2D eigenvalue weighted by atomic mass is 10.3. The van der Waals surface area contributed by atoms with Gasteiger partial charge < -0.3 is 4.74 Å². The molecule has 0 aliphatic heterocycles. The number of rotatable bonds is 2. The SMILES string of the molecule is COC(=O)N(F)c1ccc([N+](=O)[O-])cc1. The second-order valence-corrected chi connectivity index (χ2v) is 2.52. The molecule has 1 amide bonds. The van der Waals surface area contributed by atoms with Gasteiger partial charge in [-0.25, -0.2) is 4.79 Å². The van der Waals surface area contributed by atoms with Gasteiger partial charge in [0.25, 0.3) is 5.69 Å². The number of carbonyl (C=O) groups is 1. The summed E-state index contributed by atoms with van der Waals surface area (Å²) in [4.78, 5) is 20.4. The van der Waals surface area contributed by atoms with E-state index in [4.69, 9.17) is 0 Å². The summed E-state index contributed by atoms with van der Waals surface area (Å²) in [5.74, 6) is 0. The van der Waals surface area contributed by atoms with E-state index >= 15 is 0 Å². The van der Waals surface area contributed by atoms with E-state index in [1.165, 1.54) is 0 Å². The number of nitro benzene ring substituents is 1. The molecule has 0 spiro atoms. The summed E-state index contributed by atoms with van der Waals surface area (Å²) < 4.78 is 17.2. The molecule has 0 heterocycles. The monoisotopic (exact) mass is 214 g/mol. The van der Waals surface area contributed by atoms with Gasteiger partial charge in [-0.2, -0.15) is 0 Å². The molecule has 0 radical (unpaired) electrons. The highest BCUT2D eigenvalue weighted by molar-refractivity contribution is 5.85. The normalized spacial score (nSPS) is 9.47. The lowest BCUT2D eigenvalue weighted by molar-refractivity contribution is -0.384. The van der Waals surface area contributed by atoms with Crippen molar-refractivity contribution >= 4 is 17.5 Å². The van der Waals surface area contributed by atoms with E-state index in [9.17, 15) is 19.4 Å². The molecule has 0 aromatic heterocycles. The van der Waals surface area contributed by atoms with E-state index in [1.807, 2.05) is 0 Å². The second kappa shape index (κ2) is 4.36.